The van der Waals surface area contributed by atoms with E-state index < -0.39 is 0 Å². The lowest BCUT2D eigenvalue weighted by atomic mass is 9.62. The second-order valence-electron chi connectivity index (χ2n) is 3.81. The molecular formula is C8H15NO. The molecule has 0 aromatic rings. The van der Waals surface area contributed by atoms with Crippen LogP contribution in [0.5, 0.6) is 0 Å². The van der Waals surface area contributed by atoms with Gasteiger partial charge in [0.25, 0.3) is 0 Å². The monoisotopic (exact) mass is 141 g/mol. The van der Waals surface area contributed by atoms with Gasteiger partial charge in [-0.05, 0) is 44.2 Å². The first-order valence-electron chi connectivity index (χ1n) is 4.20. The van der Waals surface area contributed by atoms with Crippen molar-refractivity contribution in [1.29, 1.82) is 0 Å². The molecule has 58 valence electrons. The Kier molecular flexibility index (Phi) is 1.46. The van der Waals surface area contributed by atoms with Crippen LogP contribution in [0.4, 0.5) is 0 Å². The maximum Gasteiger partial charge on any atom is 0.0550 e. The van der Waals surface area contributed by atoms with E-state index in [9.17, 15) is 0 Å². The molecule has 2 rings (SSSR count). The summed E-state index contributed by atoms with van der Waals surface area (Å²) < 4.78 is 0. The average Bonchev–Trinajstić information content (AvgIpc) is 1.87. The lowest BCUT2D eigenvalue weighted by molar-refractivity contribution is -0.0497. The molecule has 1 saturated heterocycles. The summed E-state index contributed by atoms with van der Waals surface area (Å²) in [7, 11) is 0. The highest BCUT2D eigenvalue weighted by Gasteiger charge is 2.43. The van der Waals surface area contributed by atoms with Crippen molar-refractivity contribution in [1.82, 2.24) is 5.32 Å². The minimum atomic E-state index is 0.0260. The van der Waals surface area contributed by atoms with Crippen LogP contribution in [0.15, 0.2) is 0 Å². The molecule has 2 aliphatic rings. The van der Waals surface area contributed by atoms with Crippen LogP contribution in [0.25, 0.3) is 0 Å². The number of rotatable bonds is 0. The van der Waals surface area contributed by atoms with Crippen molar-refractivity contribution in [2.24, 2.45) is 5.41 Å². The van der Waals surface area contributed by atoms with E-state index in [4.69, 9.17) is 5.11 Å². The van der Waals surface area contributed by atoms with E-state index in [0.717, 1.165) is 25.9 Å². The van der Waals surface area contributed by atoms with Crippen molar-refractivity contribution < 1.29 is 5.11 Å². The normalized spacial score (nSPS) is 32.1. The van der Waals surface area contributed by atoms with Crippen LogP contribution in [0.3, 0.4) is 0 Å². The molecule has 2 N–H and O–H groups in total. The molecule has 2 nitrogen and oxygen atoms in total. The van der Waals surface area contributed by atoms with E-state index in [2.05, 4.69) is 5.32 Å². The van der Waals surface area contributed by atoms with E-state index in [1.54, 1.807) is 0 Å². The van der Waals surface area contributed by atoms with Crippen LogP contribution < -0.4 is 5.32 Å². The summed E-state index contributed by atoms with van der Waals surface area (Å²) in [6, 6.07) is 0. The van der Waals surface area contributed by atoms with Crippen LogP contribution in [0.1, 0.15) is 25.7 Å². The number of hydrogen-bond donors (Lipinski definition) is 2. The Balaban J connectivity index is 1.90. The molecule has 0 aromatic carbocycles. The Labute approximate surface area is 61.6 Å². The van der Waals surface area contributed by atoms with Gasteiger partial charge in [-0.1, -0.05) is 0 Å². The minimum Gasteiger partial charge on any atom is -0.393 e. The van der Waals surface area contributed by atoms with E-state index in [0.29, 0.717) is 5.41 Å². The summed E-state index contributed by atoms with van der Waals surface area (Å²) >= 11 is 0. The molecule has 0 radical (unpaired) electrons. The summed E-state index contributed by atoms with van der Waals surface area (Å²) in [5, 5.41) is 12.5. The molecule has 1 saturated carbocycles. The predicted octanol–water partition coefficient (Wildman–Crippen LogP) is 0.511. The van der Waals surface area contributed by atoms with Crippen LogP contribution >= 0.6 is 0 Å². The highest BCUT2D eigenvalue weighted by atomic mass is 16.3. The van der Waals surface area contributed by atoms with Crippen LogP contribution in [0.2, 0.25) is 0 Å². The standard InChI is InChI=1S/C8H15NO/c10-7-5-8(6-7)1-3-9-4-2-8/h7,9-10H,1-6H2. The first-order valence-corrected chi connectivity index (χ1v) is 4.20. The highest BCUT2D eigenvalue weighted by molar-refractivity contribution is 4.96. The predicted molar refractivity (Wildman–Crippen MR) is 39.8 cm³/mol. The third kappa shape index (κ3) is 0.956. The molecule has 0 unspecified atom stereocenters. The SMILES string of the molecule is OC1CC2(CCNCC2)C1. The Morgan fingerprint density at radius 1 is 1.20 bits per heavy atom. The number of nitrogens with one attached hydrogen (secondary N) is 1. The van der Waals surface area contributed by atoms with Gasteiger partial charge in [0.1, 0.15) is 0 Å². The van der Waals surface area contributed by atoms with Gasteiger partial charge in [-0.15, -0.1) is 0 Å². The van der Waals surface area contributed by atoms with Crippen molar-refractivity contribution in [3.63, 3.8) is 0 Å². The number of aliphatic hydroxyl groups is 1. The fourth-order valence-electron chi connectivity index (χ4n) is 2.31. The van der Waals surface area contributed by atoms with Gasteiger partial charge in [0.05, 0.1) is 6.10 Å². The first-order chi connectivity index (χ1) is 4.81. The zero-order valence-electron chi connectivity index (χ0n) is 6.27. The Bertz CT molecular complexity index is 114. The van der Waals surface area contributed by atoms with Crippen molar-refractivity contribution >= 4 is 0 Å². The van der Waals surface area contributed by atoms with E-state index in [1.165, 1.54) is 12.8 Å². The molecule has 0 atom stereocenters. The van der Waals surface area contributed by atoms with Gasteiger partial charge in [0, 0.05) is 0 Å². The van der Waals surface area contributed by atoms with Gasteiger partial charge in [-0.25, -0.2) is 0 Å². The number of hydrogen-bond acceptors (Lipinski definition) is 2. The van der Waals surface area contributed by atoms with Crippen molar-refractivity contribution in [2.75, 3.05) is 13.1 Å². The molecular weight excluding hydrogens is 126 g/mol. The Morgan fingerprint density at radius 2 is 1.80 bits per heavy atom. The summed E-state index contributed by atoms with van der Waals surface area (Å²) in [5.74, 6) is 0. The molecule has 1 aliphatic carbocycles. The molecule has 1 heterocycles. The Morgan fingerprint density at radius 3 is 2.30 bits per heavy atom. The van der Waals surface area contributed by atoms with E-state index in [-0.39, 0.29) is 6.10 Å². The molecule has 10 heavy (non-hydrogen) atoms. The maximum absolute atomic E-state index is 9.14. The van der Waals surface area contributed by atoms with Gasteiger partial charge in [0.15, 0.2) is 0 Å². The molecule has 2 fully saturated rings. The zero-order chi connectivity index (χ0) is 7.03. The fraction of sp³-hybridized carbons (Fsp3) is 1.00. The summed E-state index contributed by atoms with van der Waals surface area (Å²) in [4.78, 5) is 0. The third-order valence-corrected chi connectivity index (χ3v) is 3.00. The van der Waals surface area contributed by atoms with Crippen LogP contribution in [-0.2, 0) is 0 Å². The largest absolute Gasteiger partial charge is 0.393 e. The van der Waals surface area contributed by atoms with E-state index >= 15 is 0 Å². The molecule has 0 aromatic heterocycles. The number of aliphatic hydroxyl groups excluding tert-OH is 1. The van der Waals surface area contributed by atoms with Gasteiger partial charge < -0.3 is 10.4 Å². The van der Waals surface area contributed by atoms with Gasteiger partial charge in [-0.3, -0.25) is 0 Å². The summed E-state index contributed by atoms with van der Waals surface area (Å²) in [5.41, 5.74) is 0.560. The average molecular weight is 141 g/mol. The second kappa shape index (κ2) is 2.21. The third-order valence-electron chi connectivity index (χ3n) is 3.00. The van der Waals surface area contributed by atoms with Crippen LogP contribution in [-0.4, -0.2) is 24.3 Å². The lowest BCUT2D eigenvalue weighted by Crippen LogP contribution is -2.47. The zero-order valence-corrected chi connectivity index (χ0v) is 6.27. The summed E-state index contributed by atoms with van der Waals surface area (Å²) in [6.07, 6.45) is 4.72. The lowest BCUT2D eigenvalue weighted by Gasteiger charge is -2.48. The van der Waals surface area contributed by atoms with Crippen LogP contribution in [0, 0.1) is 5.41 Å². The number of piperidine rings is 1. The highest BCUT2D eigenvalue weighted by Crippen LogP contribution is 2.47. The smallest absolute Gasteiger partial charge is 0.0550 e. The second-order valence-corrected chi connectivity index (χ2v) is 3.81. The van der Waals surface area contributed by atoms with Gasteiger partial charge in [-0.2, -0.15) is 0 Å². The molecule has 0 amide bonds. The van der Waals surface area contributed by atoms with Gasteiger partial charge >= 0.3 is 0 Å². The molecule has 1 aliphatic heterocycles. The minimum absolute atomic E-state index is 0.0260. The van der Waals surface area contributed by atoms with E-state index in [1.807, 2.05) is 0 Å². The molecule has 1 spiro atoms. The quantitative estimate of drug-likeness (QED) is 0.515. The van der Waals surface area contributed by atoms with Crippen molar-refractivity contribution in [2.45, 2.75) is 31.8 Å². The topological polar surface area (TPSA) is 32.3 Å². The first kappa shape index (κ1) is 6.62. The molecule has 2 heteroatoms. The molecule has 0 bridgehead atoms. The van der Waals surface area contributed by atoms with Crippen molar-refractivity contribution in [3.05, 3.63) is 0 Å². The summed E-state index contributed by atoms with van der Waals surface area (Å²) in [6.45, 7) is 2.32. The van der Waals surface area contributed by atoms with Crippen molar-refractivity contribution in [3.8, 4) is 0 Å². The van der Waals surface area contributed by atoms with Gasteiger partial charge in [0.2, 0.25) is 0 Å². The Hall–Kier alpha value is -0.0800. The fourth-order valence-corrected chi connectivity index (χ4v) is 2.31. The maximum atomic E-state index is 9.14.